The van der Waals surface area contributed by atoms with Crippen LogP contribution in [0.1, 0.15) is 33.6 Å². The van der Waals surface area contributed by atoms with Gasteiger partial charge in [-0.3, -0.25) is 10.3 Å². The molecule has 0 bridgehead atoms. The normalized spacial score (nSPS) is 27.7. The fourth-order valence-corrected chi connectivity index (χ4v) is 2.98. The predicted octanol–water partition coefficient (Wildman–Crippen LogP) is 2.31. The Morgan fingerprint density at radius 2 is 1.92 bits per heavy atom. The monoisotopic (exact) mass is 388 g/mol. The van der Waals surface area contributed by atoms with Crippen molar-refractivity contribution in [1.82, 2.24) is 4.90 Å². The third-order valence-electron chi connectivity index (χ3n) is 3.18. The van der Waals surface area contributed by atoms with Crippen molar-refractivity contribution in [2.45, 2.75) is 69.1 Å². The first-order chi connectivity index (χ1) is 11.2. The van der Waals surface area contributed by atoms with Crippen LogP contribution in [0.2, 0.25) is 0 Å². The molecule has 25 heavy (non-hydrogen) atoms. The number of nitrogens with zero attached hydrogens (tertiary/aromatic N) is 1. The number of aliphatic hydroxyl groups is 2. The summed E-state index contributed by atoms with van der Waals surface area (Å²) in [5, 5.41) is 27.0. The van der Waals surface area contributed by atoms with E-state index in [-0.39, 0.29) is 11.6 Å². The van der Waals surface area contributed by atoms with Gasteiger partial charge in [-0.25, -0.2) is 4.79 Å². The maximum absolute atomic E-state index is 12.5. The van der Waals surface area contributed by atoms with Crippen molar-refractivity contribution in [3.8, 4) is 0 Å². The predicted molar refractivity (Wildman–Crippen MR) is 85.3 cm³/mol. The standard InChI is InChI=1S/C14H23F3N2O5S/c1-13(2,3)24-12(22)19(4)11(18)25-9-5-7(20)10(21)8(23-9)6-14(15,16)17/h7-10,18,20-21H,5-6H2,1-4H3/t7-,8-,9-,10+/m1/s1. The van der Waals surface area contributed by atoms with E-state index < -0.39 is 48.0 Å². The highest BCUT2D eigenvalue weighted by atomic mass is 32.2. The zero-order chi connectivity index (χ0) is 19.6. The van der Waals surface area contributed by atoms with E-state index in [2.05, 4.69) is 0 Å². The quantitative estimate of drug-likeness (QED) is 0.496. The summed E-state index contributed by atoms with van der Waals surface area (Å²) in [6, 6.07) is 0. The Morgan fingerprint density at radius 3 is 2.40 bits per heavy atom. The molecule has 1 aliphatic heterocycles. The van der Waals surface area contributed by atoms with Gasteiger partial charge in [-0.15, -0.1) is 0 Å². The SMILES string of the molecule is CN(C(=N)S[C@@H]1C[C@@H](O)[C@H](O)[C@@H](CC(F)(F)F)O1)C(=O)OC(C)(C)C. The van der Waals surface area contributed by atoms with E-state index in [0.29, 0.717) is 11.8 Å². The number of thioether (sulfide) groups is 1. The van der Waals surface area contributed by atoms with Gasteiger partial charge in [0.15, 0.2) is 5.17 Å². The van der Waals surface area contributed by atoms with Crippen LogP contribution in [-0.4, -0.2) is 68.9 Å². The number of rotatable bonds is 2. The number of hydrogen-bond acceptors (Lipinski definition) is 7. The molecule has 0 saturated carbocycles. The number of amides is 1. The van der Waals surface area contributed by atoms with Gasteiger partial charge in [-0.2, -0.15) is 13.2 Å². The number of carbonyl (C=O) groups is 1. The number of hydrogen-bond donors (Lipinski definition) is 3. The molecule has 1 aliphatic rings. The van der Waals surface area contributed by atoms with E-state index in [9.17, 15) is 28.2 Å². The lowest BCUT2D eigenvalue weighted by molar-refractivity contribution is -0.206. The first-order valence-electron chi connectivity index (χ1n) is 7.50. The Bertz CT molecular complexity index is 498. The van der Waals surface area contributed by atoms with Crippen LogP contribution in [0.15, 0.2) is 0 Å². The lowest BCUT2D eigenvalue weighted by Gasteiger charge is -2.37. The van der Waals surface area contributed by atoms with Crippen molar-refractivity contribution in [2.24, 2.45) is 0 Å². The van der Waals surface area contributed by atoms with Crippen LogP contribution in [0.5, 0.6) is 0 Å². The average Bonchev–Trinajstić information content (AvgIpc) is 2.39. The maximum atomic E-state index is 12.5. The minimum absolute atomic E-state index is 0.176. The molecule has 146 valence electrons. The third kappa shape index (κ3) is 7.38. The first kappa shape index (κ1) is 22.0. The van der Waals surface area contributed by atoms with Crippen molar-refractivity contribution in [2.75, 3.05) is 7.05 Å². The summed E-state index contributed by atoms with van der Waals surface area (Å²) in [5.41, 5.74) is -1.78. The maximum Gasteiger partial charge on any atom is 0.416 e. The molecule has 1 amide bonds. The molecule has 0 aromatic rings. The van der Waals surface area contributed by atoms with E-state index in [1.54, 1.807) is 20.8 Å². The molecular weight excluding hydrogens is 365 g/mol. The van der Waals surface area contributed by atoms with Crippen LogP contribution >= 0.6 is 11.8 Å². The summed E-state index contributed by atoms with van der Waals surface area (Å²) >= 11 is 0.666. The molecule has 0 unspecified atom stereocenters. The van der Waals surface area contributed by atoms with Crippen LogP contribution in [0.25, 0.3) is 0 Å². The van der Waals surface area contributed by atoms with E-state index >= 15 is 0 Å². The van der Waals surface area contributed by atoms with Gasteiger partial charge in [0.1, 0.15) is 17.1 Å². The molecular formula is C14H23F3N2O5S. The topological polar surface area (TPSA) is 103 Å². The van der Waals surface area contributed by atoms with E-state index in [4.69, 9.17) is 14.9 Å². The summed E-state index contributed by atoms with van der Waals surface area (Å²) in [5.74, 6) is 0. The minimum Gasteiger partial charge on any atom is -0.443 e. The van der Waals surface area contributed by atoms with Crippen molar-refractivity contribution >= 4 is 23.0 Å². The number of nitrogens with one attached hydrogen (secondary N) is 1. The molecule has 0 aromatic heterocycles. The van der Waals surface area contributed by atoms with Crippen molar-refractivity contribution in [3.05, 3.63) is 0 Å². The highest BCUT2D eigenvalue weighted by molar-refractivity contribution is 8.14. The van der Waals surface area contributed by atoms with Crippen molar-refractivity contribution in [3.63, 3.8) is 0 Å². The summed E-state index contributed by atoms with van der Waals surface area (Å²) in [7, 11) is 1.28. The lowest BCUT2D eigenvalue weighted by atomic mass is 10.00. The number of ether oxygens (including phenoxy) is 2. The molecule has 1 rings (SSSR count). The summed E-state index contributed by atoms with van der Waals surface area (Å²) in [6.45, 7) is 4.96. The highest BCUT2D eigenvalue weighted by Gasteiger charge is 2.44. The molecule has 4 atom stereocenters. The van der Waals surface area contributed by atoms with Crippen molar-refractivity contribution < 1.29 is 37.7 Å². The lowest BCUT2D eigenvalue weighted by Crippen LogP contribution is -2.49. The molecule has 0 spiro atoms. The number of halogens is 3. The fourth-order valence-electron chi connectivity index (χ4n) is 2.01. The van der Waals surface area contributed by atoms with Crippen LogP contribution in [0.3, 0.4) is 0 Å². The van der Waals surface area contributed by atoms with Gasteiger partial charge in [0.05, 0.1) is 18.6 Å². The first-order valence-corrected chi connectivity index (χ1v) is 8.38. The number of alkyl halides is 3. The van der Waals surface area contributed by atoms with Gasteiger partial charge < -0.3 is 19.7 Å². The summed E-state index contributed by atoms with van der Waals surface area (Å²) in [4.78, 5) is 12.8. The molecule has 0 radical (unpaired) electrons. The van der Waals surface area contributed by atoms with Crippen LogP contribution in [-0.2, 0) is 9.47 Å². The molecule has 0 aliphatic carbocycles. The van der Waals surface area contributed by atoms with Crippen LogP contribution in [0, 0.1) is 5.41 Å². The second kappa shape index (κ2) is 8.11. The summed E-state index contributed by atoms with van der Waals surface area (Å²) in [6.07, 6.45) is -11.7. The Balaban J connectivity index is 2.68. The van der Waals surface area contributed by atoms with Gasteiger partial charge in [-0.1, -0.05) is 11.8 Å². The third-order valence-corrected chi connectivity index (χ3v) is 4.25. The van der Waals surface area contributed by atoms with Crippen LogP contribution < -0.4 is 0 Å². The smallest absolute Gasteiger partial charge is 0.416 e. The van der Waals surface area contributed by atoms with Crippen LogP contribution in [0.4, 0.5) is 18.0 Å². The number of carbonyl (C=O) groups excluding carboxylic acids is 1. The second-order valence-electron chi connectivity index (χ2n) is 6.68. The molecule has 11 heteroatoms. The Hall–Kier alpha value is -1.04. The Labute approximate surface area is 148 Å². The minimum atomic E-state index is -4.57. The van der Waals surface area contributed by atoms with Gasteiger partial charge in [-0.05, 0) is 20.8 Å². The number of amidine groups is 1. The zero-order valence-electron chi connectivity index (χ0n) is 14.3. The van der Waals surface area contributed by atoms with E-state index in [1.165, 1.54) is 7.05 Å². The van der Waals surface area contributed by atoms with Crippen molar-refractivity contribution in [1.29, 1.82) is 5.41 Å². The highest BCUT2D eigenvalue weighted by Crippen LogP contribution is 2.34. The summed E-state index contributed by atoms with van der Waals surface area (Å²) < 4.78 is 47.8. The van der Waals surface area contributed by atoms with E-state index in [1.807, 2.05) is 0 Å². The second-order valence-corrected chi connectivity index (χ2v) is 7.83. The van der Waals surface area contributed by atoms with E-state index in [0.717, 1.165) is 4.90 Å². The molecule has 3 N–H and O–H groups in total. The Morgan fingerprint density at radius 1 is 1.36 bits per heavy atom. The fraction of sp³-hybridized carbons (Fsp3) is 0.857. The zero-order valence-corrected chi connectivity index (χ0v) is 15.1. The molecule has 1 heterocycles. The molecule has 1 saturated heterocycles. The average molecular weight is 388 g/mol. The molecule has 1 fully saturated rings. The van der Waals surface area contributed by atoms with Gasteiger partial charge in [0, 0.05) is 13.5 Å². The Kier molecular flexibility index (Phi) is 7.13. The molecule has 0 aromatic carbocycles. The van der Waals surface area contributed by atoms with Gasteiger partial charge in [0.25, 0.3) is 0 Å². The number of aliphatic hydroxyl groups excluding tert-OH is 2. The van der Waals surface area contributed by atoms with Gasteiger partial charge >= 0.3 is 12.3 Å². The van der Waals surface area contributed by atoms with Gasteiger partial charge in [0.2, 0.25) is 0 Å². The largest absolute Gasteiger partial charge is 0.443 e. The molecule has 7 nitrogen and oxygen atoms in total.